The maximum absolute atomic E-state index is 12.5. The van der Waals surface area contributed by atoms with E-state index in [1.165, 1.54) is 12.4 Å². The molecular formula is C14H10N2O4S. The van der Waals surface area contributed by atoms with E-state index in [2.05, 4.69) is 9.97 Å². The van der Waals surface area contributed by atoms with E-state index < -0.39 is 11.8 Å². The van der Waals surface area contributed by atoms with Crippen LogP contribution in [0.5, 0.6) is 0 Å². The first-order valence-electron chi connectivity index (χ1n) is 6.27. The van der Waals surface area contributed by atoms with Gasteiger partial charge >= 0.3 is 5.97 Å². The summed E-state index contributed by atoms with van der Waals surface area (Å²) in [7, 11) is 0. The first-order chi connectivity index (χ1) is 10.1. The summed E-state index contributed by atoms with van der Waals surface area (Å²) < 4.78 is 4.97. The number of ketones is 2. The van der Waals surface area contributed by atoms with Gasteiger partial charge in [0, 0.05) is 17.3 Å². The van der Waals surface area contributed by atoms with Crippen molar-refractivity contribution in [1.29, 1.82) is 0 Å². The van der Waals surface area contributed by atoms with Crippen molar-refractivity contribution in [3.05, 3.63) is 44.7 Å². The zero-order valence-corrected chi connectivity index (χ0v) is 12.1. The quantitative estimate of drug-likeness (QED) is 0.671. The number of aromatic nitrogens is 2. The van der Waals surface area contributed by atoms with E-state index in [-0.39, 0.29) is 39.8 Å². The van der Waals surface area contributed by atoms with Crippen LogP contribution < -0.4 is 0 Å². The maximum Gasteiger partial charge on any atom is 0.340 e. The van der Waals surface area contributed by atoms with Crippen molar-refractivity contribution in [2.75, 3.05) is 6.61 Å². The highest BCUT2D eigenvalue weighted by Gasteiger charge is 2.38. The third kappa shape index (κ3) is 1.89. The summed E-state index contributed by atoms with van der Waals surface area (Å²) >= 11 is 1.11. The molecule has 0 atom stereocenters. The molecule has 106 valence electrons. The molecule has 0 spiro atoms. The molecule has 1 aliphatic rings. The zero-order chi connectivity index (χ0) is 15.1. The van der Waals surface area contributed by atoms with Crippen LogP contribution in [0.3, 0.4) is 0 Å². The number of aryl methyl sites for hydroxylation is 1. The average molecular weight is 302 g/mol. The highest BCUT2D eigenvalue weighted by Crippen LogP contribution is 2.35. The van der Waals surface area contributed by atoms with Crippen molar-refractivity contribution < 1.29 is 19.1 Å². The Morgan fingerprint density at radius 1 is 1.19 bits per heavy atom. The number of rotatable bonds is 2. The number of esters is 1. The third-order valence-electron chi connectivity index (χ3n) is 3.13. The van der Waals surface area contributed by atoms with Crippen LogP contribution in [0.4, 0.5) is 0 Å². The molecule has 0 saturated heterocycles. The van der Waals surface area contributed by atoms with Gasteiger partial charge in [-0.2, -0.15) is 0 Å². The van der Waals surface area contributed by atoms with Crippen molar-refractivity contribution in [3.8, 4) is 0 Å². The largest absolute Gasteiger partial charge is 0.462 e. The summed E-state index contributed by atoms with van der Waals surface area (Å²) in [5.74, 6) is -1.43. The Bertz CT molecular complexity index is 794. The minimum absolute atomic E-state index is 0.0154. The second kappa shape index (κ2) is 4.85. The molecule has 7 heteroatoms. The molecule has 0 radical (unpaired) electrons. The molecule has 0 saturated carbocycles. The van der Waals surface area contributed by atoms with E-state index in [1.54, 1.807) is 13.8 Å². The van der Waals surface area contributed by atoms with Crippen LogP contribution >= 0.6 is 11.3 Å². The molecule has 0 amide bonds. The number of hydrogen-bond acceptors (Lipinski definition) is 7. The van der Waals surface area contributed by atoms with Crippen molar-refractivity contribution in [2.24, 2.45) is 0 Å². The fourth-order valence-corrected chi connectivity index (χ4v) is 3.35. The molecule has 0 aliphatic heterocycles. The summed E-state index contributed by atoms with van der Waals surface area (Å²) in [6.45, 7) is 3.56. The van der Waals surface area contributed by atoms with Crippen LogP contribution in [-0.2, 0) is 4.74 Å². The van der Waals surface area contributed by atoms with Crippen molar-refractivity contribution in [2.45, 2.75) is 13.8 Å². The monoisotopic (exact) mass is 302 g/mol. The van der Waals surface area contributed by atoms with Gasteiger partial charge in [-0.25, -0.2) is 14.8 Å². The fourth-order valence-electron chi connectivity index (χ4n) is 2.27. The molecule has 0 fully saturated rings. The molecule has 0 N–H and O–H groups in total. The predicted octanol–water partition coefficient (Wildman–Crippen LogP) is 1.80. The van der Waals surface area contributed by atoms with Gasteiger partial charge in [0.25, 0.3) is 0 Å². The molecule has 3 rings (SSSR count). The van der Waals surface area contributed by atoms with E-state index in [9.17, 15) is 14.4 Å². The van der Waals surface area contributed by atoms with E-state index >= 15 is 0 Å². The van der Waals surface area contributed by atoms with Gasteiger partial charge in [-0.3, -0.25) is 9.59 Å². The smallest absolute Gasteiger partial charge is 0.340 e. The van der Waals surface area contributed by atoms with Crippen LogP contribution in [0.15, 0.2) is 12.4 Å². The standard InChI is InChI=1S/C14H10N2O4S/c1-3-20-14(19)7-6(2)21-13-8(7)11(17)9-10(12(13)18)16-5-4-15-9/h4-5H,3H2,1-2H3. The first kappa shape index (κ1) is 13.6. The van der Waals surface area contributed by atoms with Gasteiger partial charge in [-0.05, 0) is 13.8 Å². The lowest BCUT2D eigenvalue weighted by atomic mass is 9.93. The second-order valence-electron chi connectivity index (χ2n) is 4.37. The number of thiophene rings is 1. The van der Waals surface area contributed by atoms with E-state index in [0.29, 0.717) is 4.88 Å². The summed E-state index contributed by atoms with van der Waals surface area (Å²) in [6, 6.07) is 0. The normalized spacial score (nSPS) is 12.9. The minimum atomic E-state index is -0.596. The van der Waals surface area contributed by atoms with Crippen LogP contribution in [0, 0.1) is 6.92 Å². The Balaban J connectivity index is 2.24. The molecule has 2 aromatic rings. The molecule has 0 unspecified atom stereocenters. The van der Waals surface area contributed by atoms with Gasteiger partial charge in [-0.15, -0.1) is 11.3 Å². The van der Waals surface area contributed by atoms with Crippen LogP contribution in [-0.4, -0.2) is 34.1 Å². The molecule has 1 aliphatic carbocycles. The molecular weight excluding hydrogens is 292 g/mol. The van der Waals surface area contributed by atoms with Crippen molar-refractivity contribution >= 4 is 28.9 Å². The number of fused-ring (bicyclic) bond motifs is 2. The molecule has 21 heavy (non-hydrogen) atoms. The van der Waals surface area contributed by atoms with Gasteiger partial charge in [-0.1, -0.05) is 0 Å². The number of hydrogen-bond donors (Lipinski definition) is 0. The van der Waals surface area contributed by atoms with Gasteiger partial charge in [0.2, 0.25) is 11.6 Å². The molecule has 2 heterocycles. The van der Waals surface area contributed by atoms with Gasteiger partial charge < -0.3 is 4.74 Å². The Morgan fingerprint density at radius 2 is 1.81 bits per heavy atom. The van der Waals surface area contributed by atoms with Crippen LogP contribution in [0.25, 0.3) is 0 Å². The fraction of sp³-hybridized carbons (Fsp3) is 0.214. The van der Waals surface area contributed by atoms with Crippen LogP contribution in [0.1, 0.15) is 53.6 Å². The number of carbonyl (C=O) groups is 3. The lowest BCUT2D eigenvalue weighted by Gasteiger charge is -2.12. The van der Waals surface area contributed by atoms with E-state index in [1.807, 2.05) is 0 Å². The highest BCUT2D eigenvalue weighted by molar-refractivity contribution is 7.15. The van der Waals surface area contributed by atoms with Gasteiger partial charge in [0.05, 0.1) is 22.6 Å². The van der Waals surface area contributed by atoms with E-state index in [4.69, 9.17) is 4.74 Å². The number of ether oxygens (including phenoxy) is 1. The van der Waals surface area contributed by atoms with Crippen molar-refractivity contribution in [1.82, 2.24) is 9.97 Å². The highest BCUT2D eigenvalue weighted by atomic mass is 32.1. The number of carbonyl (C=O) groups excluding carboxylic acids is 3. The first-order valence-corrected chi connectivity index (χ1v) is 7.08. The van der Waals surface area contributed by atoms with Crippen LogP contribution in [0.2, 0.25) is 0 Å². The SMILES string of the molecule is CCOC(=O)c1c(C)sc2c1C(=O)c1nccnc1C2=O. The van der Waals surface area contributed by atoms with E-state index in [0.717, 1.165) is 11.3 Å². The lowest BCUT2D eigenvalue weighted by molar-refractivity contribution is 0.0523. The molecule has 6 nitrogen and oxygen atoms in total. The molecule has 2 aromatic heterocycles. The Labute approximate surface area is 123 Å². The summed E-state index contributed by atoms with van der Waals surface area (Å²) in [6.07, 6.45) is 2.71. The van der Waals surface area contributed by atoms with Gasteiger partial charge in [0.15, 0.2) is 0 Å². The van der Waals surface area contributed by atoms with Gasteiger partial charge in [0.1, 0.15) is 11.4 Å². The maximum atomic E-state index is 12.5. The summed E-state index contributed by atoms with van der Waals surface area (Å²) in [4.78, 5) is 45.7. The zero-order valence-electron chi connectivity index (χ0n) is 11.3. The molecule has 0 bridgehead atoms. The Kier molecular flexibility index (Phi) is 3.13. The summed E-state index contributed by atoms with van der Waals surface area (Å²) in [5.41, 5.74) is 0.269. The average Bonchev–Trinajstić information content (AvgIpc) is 2.83. The van der Waals surface area contributed by atoms with Crippen molar-refractivity contribution in [3.63, 3.8) is 0 Å². The Morgan fingerprint density at radius 3 is 2.43 bits per heavy atom. The topological polar surface area (TPSA) is 86.2 Å². The lowest BCUT2D eigenvalue weighted by Crippen LogP contribution is -2.24. The Hall–Kier alpha value is -2.41. The molecule has 0 aromatic carbocycles. The predicted molar refractivity (Wildman–Crippen MR) is 73.9 cm³/mol. The third-order valence-corrected chi connectivity index (χ3v) is 4.23. The summed E-state index contributed by atoms with van der Waals surface area (Å²) in [5, 5.41) is 0. The minimum Gasteiger partial charge on any atom is -0.462 e. The second-order valence-corrected chi connectivity index (χ2v) is 5.59. The number of nitrogens with zero attached hydrogens (tertiary/aromatic N) is 2.